The molecule has 0 N–H and O–H groups in total. The van der Waals surface area contributed by atoms with Gasteiger partial charge in [0.2, 0.25) is 0 Å². The van der Waals surface area contributed by atoms with Crippen LogP contribution in [0.15, 0.2) is 34.1 Å². The molecule has 0 saturated heterocycles. The van der Waals surface area contributed by atoms with Crippen LogP contribution in [0.4, 0.5) is 0 Å². The summed E-state index contributed by atoms with van der Waals surface area (Å²) in [6.45, 7) is 2.13. The van der Waals surface area contributed by atoms with E-state index in [0.29, 0.717) is 5.92 Å². The number of halogens is 2. The fourth-order valence-corrected chi connectivity index (χ4v) is 4.99. The highest BCUT2D eigenvalue weighted by molar-refractivity contribution is 9.11. The lowest BCUT2D eigenvalue weighted by atomic mass is 9.80. The zero-order valence-electron chi connectivity index (χ0n) is 10.8. The summed E-state index contributed by atoms with van der Waals surface area (Å²) >= 11 is 12.2. The van der Waals surface area contributed by atoms with E-state index in [1.807, 2.05) is 0 Å². The second kappa shape index (κ2) is 5.59. The van der Waals surface area contributed by atoms with Crippen molar-refractivity contribution in [3.05, 3.63) is 55.7 Å². The average molecular weight is 356 g/mol. The van der Waals surface area contributed by atoms with Crippen LogP contribution >= 0.6 is 38.9 Å². The van der Waals surface area contributed by atoms with Gasteiger partial charge in [-0.3, -0.25) is 0 Å². The van der Waals surface area contributed by atoms with Gasteiger partial charge in [0.05, 0.1) is 9.16 Å². The molecule has 1 aromatic carbocycles. The fourth-order valence-electron chi connectivity index (χ4n) is 2.91. The molecule has 0 bridgehead atoms. The molecule has 2 aromatic rings. The SMILES string of the molecule is Cc1cc(C(Cl)C2CCCc3ccccc32)sc1Br. The van der Waals surface area contributed by atoms with Crippen LogP contribution in [0, 0.1) is 6.92 Å². The largest absolute Gasteiger partial charge is 0.131 e. The molecule has 2 unspecified atom stereocenters. The Balaban J connectivity index is 1.95. The van der Waals surface area contributed by atoms with Gasteiger partial charge in [0.15, 0.2) is 0 Å². The van der Waals surface area contributed by atoms with Gasteiger partial charge in [-0.2, -0.15) is 0 Å². The Morgan fingerprint density at radius 2 is 2.16 bits per heavy atom. The highest BCUT2D eigenvalue weighted by Crippen LogP contribution is 2.46. The Kier molecular flexibility index (Phi) is 4.02. The smallest absolute Gasteiger partial charge is 0.0747 e. The third-order valence-electron chi connectivity index (χ3n) is 3.92. The maximum Gasteiger partial charge on any atom is 0.0747 e. The van der Waals surface area contributed by atoms with Gasteiger partial charge in [0.25, 0.3) is 0 Å². The molecule has 2 atom stereocenters. The lowest BCUT2D eigenvalue weighted by molar-refractivity contribution is 0.542. The standard InChI is InChI=1S/C16H16BrClS/c1-10-9-14(19-16(10)17)15(18)13-8-4-6-11-5-2-3-7-12(11)13/h2-3,5,7,9,13,15H,4,6,8H2,1H3. The summed E-state index contributed by atoms with van der Waals surface area (Å²) < 4.78 is 1.21. The summed E-state index contributed by atoms with van der Waals surface area (Å²) in [7, 11) is 0. The number of benzene rings is 1. The molecule has 0 fully saturated rings. The molecule has 0 amide bonds. The van der Waals surface area contributed by atoms with Gasteiger partial charge in [-0.05, 0) is 64.9 Å². The average Bonchev–Trinajstić information content (AvgIpc) is 2.77. The Labute approximate surface area is 131 Å². The second-order valence-corrected chi connectivity index (χ2v) is 8.08. The minimum atomic E-state index is 0.0939. The molecular formula is C16H16BrClS. The van der Waals surface area contributed by atoms with Gasteiger partial charge in [-0.25, -0.2) is 0 Å². The van der Waals surface area contributed by atoms with E-state index in [4.69, 9.17) is 11.6 Å². The second-order valence-electron chi connectivity index (χ2n) is 5.20. The van der Waals surface area contributed by atoms with Crippen LogP contribution in [-0.2, 0) is 6.42 Å². The van der Waals surface area contributed by atoms with Crippen molar-refractivity contribution in [2.24, 2.45) is 0 Å². The molecule has 0 aliphatic heterocycles. The number of aryl methyl sites for hydroxylation is 2. The van der Waals surface area contributed by atoms with Gasteiger partial charge in [-0.15, -0.1) is 22.9 Å². The Morgan fingerprint density at radius 3 is 2.89 bits per heavy atom. The molecule has 0 radical (unpaired) electrons. The van der Waals surface area contributed by atoms with Crippen molar-refractivity contribution < 1.29 is 0 Å². The molecule has 1 aliphatic carbocycles. The van der Waals surface area contributed by atoms with Crippen LogP contribution in [0.25, 0.3) is 0 Å². The molecule has 3 heteroatoms. The van der Waals surface area contributed by atoms with Crippen LogP contribution in [0.1, 0.15) is 45.7 Å². The topological polar surface area (TPSA) is 0 Å². The lowest BCUT2D eigenvalue weighted by Crippen LogP contribution is -2.13. The molecule has 0 nitrogen and oxygen atoms in total. The van der Waals surface area contributed by atoms with Crippen molar-refractivity contribution in [2.75, 3.05) is 0 Å². The summed E-state index contributed by atoms with van der Waals surface area (Å²) in [4.78, 5) is 1.28. The number of rotatable bonds is 2. The minimum Gasteiger partial charge on any atom is -0.131 e. The molecule has 1 aliphatic rings. The first-order valence-corrected chi connectivity index (χ1v) is 8.69. The summed E-state index contributed by atoms with van der Waals surface area (Å²) in [5, 5.41) is 0.0939. The minimum absolute atomic E-state index is 0.0939. The first-order chi connectivity index (χ1) is 9.16. The highest BCUT2D eigenvalue weighted by atomic mass is 79.9. The van der Waals surface area contributed by atoms with Gasteiger partial charge < -0.3 is 0 Å². The molecule has 0 saturated carbocycles. The molecule has 0 spiro atoms. The van der Waals surface area contributed by atoms with E-state index in [-0.39, 0.29) is 5.38 Å². The van der Waals surface area contributed by atoms with Crippen molar-refractivity contribution in [1.82, 2.24) is 0 Å². The number of thiophene rings is 1. The lowest BCUT2D eigenvalue weighted by Gasteiger charge is -2.28. The first kappa shape index (κ1) is 13.7. The van der Waals surface area contributed by atoms with Gasteiger partial charge in [-0.1, -0.05) is 24.3 Å². The molecule has 1 aromatic heterocycles. The van der Waals surface area contributed by atoms with E-state index in [1.165, 1.54) is 44.6 Å². The summed E-state index contributed by atoms with van der Waals surface area (Å²) in [6, 6.07) is 11.0. The van der Waals surface area contributed by atoms with Crippen LogP contribution in [0.5, 0.6) is 0 Å². The molecule has 3 rings (SSSR count). The van der Waals surface area contributed by atoms with E-state index in [2.05, 4.69) is 53.2 Å². The quantitative estimate of drug-likeness (QED) is 0.561. The van der Waals surface area contributed by atoms with Crippen molar-refractivity contribution in [3.63, 3.8) is 0 Å². The van der Waals surface area contributed by atoms with Gasteiger partial charge in [0.1, 0.15) is 0 Å². The number of hydrogen-bond acceptors (Lipinski definition) is 1. The van der Waals surface area contributed by atoms with Crippen molar-refractivity contribution in [3.8, 4) is 0 Å². The predicted molar refractivity (Wildman–Crippen MR) is 87.5 cm³/mol. The van der Waals surface area contributed by atoms with Crippen LogP contribution in [0.3, 0.4) is 0 Å². The van der Waals surface area contributed by atoms with E-state index in [9.17, 15) is 0 Å². The highest BCUT2D eigenvalue weighted by Gasteiger charge is 2.28. The zero-order chi connectivity index (χ0) is 13.4. The Bertz CT molecular complexity index is 571. The summed E-state index contributed by atoms with van der Waals surface area (Å²) in [6.07, 6.45) is 3.64. The normalized spacial score (nSPS) is 20.1. The summed E-state index contributed by atoms with van der Waals surface area (Å²) in [5.41, 5.74) is 4.22. The molecular weight excluding hydrogens is 340 g/mol. The molecule has 1 heterocycles. The van der Waals surface area contributed by atoms with E-state index in [0.717, 1.165) is 0 Å². The molecule has 19 heavy (non-hydrogen) atoms. The van der Waals surface area contributed by atoms with Crippen molar-refractivity contribution in [2.45, 2.75) is 37.5 Å². The monoisotopic (exact) mass is 354 g/mol. The maximum absolute atomic E-state index is 6.79. The number of hydrogen-bond donors (Lipinski definition) is 0. The van der Waals surface area contributed by atoms with Gasteiger partial charge in [0, 0.05) is 10.8 Å². The van der Waals surface area contributed by atoms with Gasteiger partial charge >= 0.3 is 0 Å². The van der Waals surface area contributed by atoms with E-state index < -0.39 is 0 Å². The van der Waals surface area contributed by atoms with Crippen LogP contribution in [-0.4, -0.2) is 0 Å². The van der Waals surface area contributed by atoms with E-state index in [1.54, 1.807) is 11.3 Å². The third-order valence-corrected chi connectivity index (χ3v) is 6.81. The third kappa shape index (κ3) is 2.63. The number of fused-ring (bicyclic) bond motifs is 1. The zero-order valence-corrected chi connectivity index (χ0v) is 14.0. The van der Waals surface area contributed by atoms with Crippen LogP contribution in [0.2, 0.25) is 0 Å². The Hall–Kier alpha value is -0.310. The maximum atomic E-state index is 6.79. The predicted octanol–water partition coefficient (Wildman–Crippen LogP) is 6.22. The van der Waals surface area contributed by atoms with E-state index >= 15 is 0 Å². The molecule has 100 valence electrons. The van der Waals surface area contributed by atoms with Crippen LogP contribution < -0.4 is 0 Å². The Morgan fingerprint density at radius 1 is 1.37 bits per heavy atom. The fraction of sp³-hybridized carbons (Fsp3) is 0.375. The first-order valence-electron chi connectivity index (χ1n) is 6.64. The summed E-state index contributed by atoms with van der Waals surface area (Å²) in [5.74, 6) is 0.455. The number of alkyl halides is 1. The van der Waals surface area contributed by atoms with Crippen molar-refractivity contribution >= 4 is 38.9 Å². The van der Waals surface area contributed by atoms with Crippen molar-refractivity contribution in [1.29, 1.82) is 0 Å².